The highest BCUT2D eigenvalue weighted by Gasteiger charge is 2.44. The lowest BCUT2D eigenvalue weighted by Crippen LogP contribution is -2.59. The molecule has 1 aliphatic rings. The Morgan fingerprint density at radius 3 is 2.76 bits per heavy atom. The van der Waals surface area contributed by atoms with E-state index in [9.17, 15) is 4.79 Å². The normalized spacial score (nSPS) is 27.6. The molecule has 5 nitrogen and oxygen atoms in total. The average molecular weight is 300 g/mol. The second-order valence-electron chi connectivity index (χ2n) is 6.05. The van der Waals surface area contributed by atoms with E-state index in [1.54, 1.807) is 7.11 Å². The van der Waals surface area contributed by atoms with Gasteiger partial charge < -0.3 is 14.8 Å². The van der Waals surface area contributed by atoms with E-state index in [2.05, 4.69) is 24.2 Å². The molecule has 0 heterocycles. The smallest absolute Gasteiger partial charge is 0.326 e. The van der Waals surface area contributed by atoms with Crippen LogP contribution in [-0.2, 0) is 14.3 Å². The maximum Gasteiger partial charge on any atom is 0.326 e. The largest absolute Gasteiger partial charge is 0.465 e. The molecule has 0 bridgehead atoms. The summed E-state index contributed by atoms with van der Waals surface area (Å²) < 4.78 is 10.6. The van der Waals surface area contributed by atoms with Crippen molar-refractivity contribution in [3.63, 3.8) is 0 Å². The Bertz CT molecular complexity index is 321. The van der Waals surface area contributed by atoms with Crippen molar-refractivity contribution in [3.05, 3.63) is 0 Å². The summed E-state index contributed by atoms with van der Waals surface area (Å²) in [5.74, 6) is -0.0932. The predicted molar refractivity (Wildman–Crippen MR) is 84.4 cm³/mol. The molecule has 1 aliphatic carbocycles. The van der Waals surface area contributed by atoms with Gasteiger partial charge in [0.1, 0.15) is 5.54 Å². The van der Waals surface area contributed by atoms with E-state index in [0.717, 1.165) is 32.2 Å². The molecular weight excluding hydrogens is 268 g/mol. The fraction of sp³-hybridized carbons (Fsp3) is 0.938. The molecule has 5 heteroatoms. The van der Waals surface area contributed by atoms with Gasteiger partial charge in [-0.25, -0.2) is 0 Å². The summed E-state index contributed by atoms with van der Waals surface area (Å²) in [6.07, 6.45) is 3.84. The van der Waals surface area contributed by atoms with Gasteiger partial charge in [-0.05, 0) is 53.1 Å². The van der Waals surface area contributed by atoms with E-state index in [4.69, 9.17) is 9.47 Å². The maximum absolute atomic E-state index is 12.4. The number of nitrogens with zero attached hydrogens (tertiary/aromatic N) is 1. The van der Waals surface area contributed by atoms with Crippen molar-refractivity contribution in [3.8, 4) is 0 Å². The molecule has 1 rings (SSSR count). The van der Waals surface area contributed by atoms with Crippen LogP contribution < -0.4 is 5.32 Å². The highest BCUT2D eigenvalue weighted by molar-refractivity contribution is 5.81. The molecule has 124 valence electrons. The van der Waals surface area contributed by atoms with Crippen LogP contribution in [0.2, 0.25) is 0 Å². The zero-order valence-corrected chi connectivity index (χ0v) is 14.3. The van der Waals surface area contributed by atoms with E-state index in [-0.39, 0.29) is 5.97 Å². The molecule has 1 fully saturated rings. The van der Waals surface area contributed by atoms with Gasteiger partial charge in [0.15, 0.2) is 0 Å². The van der Waals surface area contributed by atoms with Gasteiger partial charge in [-0.1, -0.05) is 6.92 Å². The molecular formula is C16H32N2O3. The summed E-state index contributed by atoms with van der Waals surface area (Å²) in [7, 11) is 3.86. The van der Waals surface area contributed by atoms with Gasteiger partial charge in [0.05, 0.1) is 13.2 Å². The maximum atomic E-state index is 12.4. The Balaban J connectivity index is 2.80. The summed E-state index contributed by atoms with van der Waals surface area (Å²) in [5.41, 5.74) is -0.519. The Morgan fingerprint density at radius 2 is 2.19 bits per heavy atom. The molecule has 0 radical (unpaired) electrons. The number of carbonyl (C=O) groups is 1. The van der Waals surface area contributed by atoms with Gasteiger partial charge in [0, 0.05) is 19.2 Å². The molecule has 21 heavy (non-hydrogen) atoms. The molecule has 0 saturated heterocycles. The predicted octanol–water partition coefficient (Wildman–Crippen LogP) is 1.81. The van der Waals surface area contributed by atoms with Crippen LogP contribution in [0.3, 0.4) is 0 Å². The number of esters is 1. The van der Waals surface area contributed by atoms with Crippen LogP contribution in [0.25, 0.3) is 0 Å². The lowest BCUT2D eigenvalue weighted by atomic mass is 9.78. The van der Waals surface area contributed by atoms with Crippen molar-refractivity contribution >= 4 is 5.97 Å². The third-order valence-electron chi connectivity index (χ3n) is 4.59. The van der Waals surface area contributed by atoms with Gasteiger partial charge in [-0.2, -0.15) is 0 Å². The van der Waals surface area contributed by atoms with E-state index in [0.29, 0.717) is 25.3 Å². The van der Waals surface area contributed by atoms with Crippen LogP contribution in [0, 0.1) is 0 Å². The van der Waals surface area contributed by atoms with E-state index >= 15 is 0 Å². The van der Waals surface area contributed by atoms with Crippen molar-refractivity contribution in [1.82, 2.24) is 10.2 Å². The average Bonchev–Trinajstić information content (AvgIpc) is 2.47. The highest BCUT2D eigenvalue weighted by Crippen LogP contribution is 2.32. The van der Waals surface area contributed by atoms with Gasteiger partial charge in [0.25, 0.3) is 0 Å². The highest BCUT2D eigenvalue weighted by atomic mass is 16.5. The Labute approximate surface area is 129 Å². The topological polar surface area (TPSA) is 50.8 Å². The third kappa shape index (κ3) is 4.66. The molecule has 0 amide bonds. The molecule has 3 atom stereocenters. The number of rotatable bonds is 8. The SMILES string of the molecule is CCNC1(C(=O)OCC)CCCC(N(C)C(C)COC)C1. The molecule has 1 N–H and O–H groups in total. The number of methoxy groups -OCH3 is 1. The summed E-state index contributed by atoms with van der Waals surface area (Å²) >= 11 is 0. The summed E-state index contributed by atoms with van der Waals surface area (Å²) in [4.78, 5) is 14.8. The summed E-state index contributed by atoms with van der Waals surface area (Å²) in [6, 6.07) is 0.729. The third-order valence-corrected chi connectivity index (χ3v) is 4.59. The first-order valence-electron chi connectivity index (χ1n) is 8.13. The quantitative estimate of drug-likeness (QED) is 0.693. The first-order valence-corrected chi connectivity index (χ1v) is 8.13. The molecule has 0 aromatic carbocycles. The number of ether oxygens (including phenoxy) is 2. The molecule has 0 spiro atoms. The Kier molecular flexibility index (Phi) is 7.63. The zero-order chi connectivity index (χ0) is 15.9. The molecule has 0 aromatic rings. The van der Waals surface area contributed by atoms with Crippen LogP contribution >= 0.6 is 0 Å². The van der Waals surface area contributed by atoms with Crippen molar-refractivity contribution in [2.75, 3.05) is 33.9 Å². The van der Waals surface area contributed by atoms with Crippen LogP contribution in [-0.4, -0.2) is 62.4 Å². The summed E-state index contributed by atoms with van der Waals surface area (Å²) in [6.45, 7) is 8.00. The minimum atomic E-state index is -0.519. The number of hydrogen-bond donors (Lipinski definition) is 1. The van der Waals surface area contributed by atoms with Crippen LogP contribution in [0.1, 0.15) is 46.5 Å². The van der Waals surface area contributed by atoms with Gasteiger partial charge in [-0.15, -0.1) is 0 Å². The zero-order valence-electron chi connectivity index (χ0n) is 14.3. The van der Waals surface area contributed by atoms with E-state index < -0.39 is 5.54 Å². The van der Waals surface area contributed by atoms with Crippen LogP contribution in [0.15, 0.2) is 0 Å². The number of nitrogens with one attached hydrogen (secondary N) is 1. The standard InChI is InChI=1S/C16H32N2O3/c1-6-17-16(15(19)21-7-2)10-8-9-14(11-16)18(4)13(3)12-20-5/h13-14,17H,6-12H2,1-5H3. The minimum Gasteiger partial charge on any atom is -0.465 e. The van der Waals surface area contributed by atoms with Crippen molar-refractivity contribution in [1.29, 1.82) is 0 Å². The lowest BCUT2D eigenvalue weighted by Gasteiger charge is -2.44. The van der Waals surface area contributed by atoms with Crippen molar-refractivity contribution < 1.29 is 14.3 Å². The fourth-order valence-electron chi connectivity index (χ4n) is 3.34. The second kappa shape index (κ2) is 8.71. The second-order valence-corrected chi connectivity index (χ2v) is 6.05. The lowest BCUT2D eigenvalue weighted by molar-refractivity contribution is -0.154. The first-order chi connectivity index (χ1) is 10.0. The fourth-order valence-corrected chi connectivity index (χ4v) is 3.34. The van der Waals surface area contributed by atoms with Crippen LogP contribution in [0.5, 0.6) is 0 Å². The van der Waals surface area contributed by atoms with Crippen molar-refractivity contribution in [2.45, 2.75) is 64.1 Å². The molecule has 0 aliphatic heterocycles. The summed E-state index contributed by atoms with van der Waals surface area (Å²) in [5, 5.41) is 3.41. The molecule has 3 unspecified atom stereocenters. The van der Waals surface area contributed by atoms with E-state index in [1.807, 2.05) is 13.8 Å². The van der Waals surface area contributed by atoms with Gasteiger partial charge in [0.2, 0.25) is 0 Å². The van der Waals surface area contributed by atoms with Crippen molar-refractivity contribution in [2.24, 2.45) is 0 Å². The van der Waals surface area contributed by atoms with Gasteiger partial charge >= 0.3 is 5.97 Å². The molecule has 0 aromatic heterocycles. The Morgan fingerprint density at radius 1 is 1.48 bits per heavy atom. The van der Waals surface area contributed by atoms with Crippen LogP contribution in [0.4, 0.5) is 0 Å². The first kappa shape index (κ1) is 18.4. The minimum absolute atomic E-state index is 0.0932. The number of hydrogen-bond acceptors (Lipinski definition) is 5. The number of carbonyl (C=O) groups excluding carboxylic acids is 1. The molecule has 1 saturated carbocycles. The number of likely N-dealkylation sites (N-methyl/N-ethyl adjacent to an activating group) is 2. The Hall–Kier alpha value is -0.650. The van der Waals surface area contributed by atoms with E-state index in [1.165, 1.54) is 0 Å². The van der Waals surface area contributed by atoms with Gasteiger partial charge in [-0.3, -0.25) is 9.69 Å². The monoisotopic (exact) mass is 300 g/mol.